The van der Waals surface area contributed by atoms with Gasteiger partial charge in [-0.25, -0.2) is 13.8 Å². The predicted molar refractivity (Wildman–Crippen MR) is 71.2 cm³/mol. The van der Waals surface area contributed by atoms with E-state index in [9.17, 15) is 19.0 Å². The van der Waals surface area contributed by atoms with E-state index in [1.165, 1.54) is 0 Å². The van der Waals surface area contributed by atoms with Crippen LogP contribution in [0.3, 0.4) is 0 Å². The number of hydrogen-bond donors (Lipinski definition) is 4. The second-order valence-corrected chi connectivity index (χ2v) is 4.92. The molecular weight excluding hydrogens is 302 g/mol. The molecule has 2 aromatic rings. The summed E-state index contributed by atoms with van der Waals surface area (Å²) in [5, 5.41) is 22.3. The molecule has 0 bridgehead atoms. The van der Waals surface area contributed by atoms with Crippen LogP contribution >= 0.6 is 0 Å². The van der Waals surface area contributed by atoms with Gasteiger partial charge in [-0.2, -0.15) is 9.97 Å². The predicted octanol–water partition coefficient (Wildman–Crippen LogP) is -0.878. The van der Waals surface area contributed by atoms with Gasteiger partial charge in [0.1, 0.15) is 6.61 Å². The molecule has 0 aromatic carbocycles. The van der Waals surface area contributed by atoms with Gasteiger partial charge < -0.3 is 26.0 Å². The SMILES string of the molecule is CNc1nc(N)nc2c1ncn2C1(CO)OCC(F)(F)C1O. The van der Waals surface area contributed by atoms with Gasteiger partial charge in [-0.1, -0.05) is 0 Å². The van der Waals surface area contributed by atoms with Crippen molar-refractivity contribution in [2.45, 2.75) is 17.8 Å². The van der Waals surface area contributed by atoms with Gasteiger partial charge in [-0.15, -0.1) is 0 Å². The zero-order chi connectivity index (χ0) is 16.1. The van der Waals surface area contributed by atoms with Crippen LogP contribution in [0.5, 0.6) is 0 Å². The van der Waals surface area contributed by atoms with E-state index in [4.69, 9.17) is 10.5 Å². The summed E-state index contributed by atoms with van der Waals surface area (Å²) in [6.07, 6.45) is -1.13. The van der Waals surface area contributed by atoms with Crippen molar-refractivity contribution in [3.8, 4) is 0 Å². The first-order valence-corrected chi connectivity index (χ1v) is 6.35. The first-order chi connectivity index (χ1) is 10.4. The largest absolute Gasteiger partial charge is 0.391 e. The number of aromatic nitrogens is 4. The maximum Gasteiger partial charge on any atom is 0.301 e. The van der Waals surface area contributed by atoms with Crippen LogP contribution in [0.2, 0.25) is 0 Å². The molecule has 1 saturated heterocycles. The molecule has 1 fully saturated rings. The third kappa shape index (κ3) is 1.82. The Bertz CT molecular complexity index is 723. The lowest BCUT2D eigenvalue weighted by molar-refractivity contribution is -0.161. The third-order valence-corrected chi connectivity index (χ3v) is 3.63. The van der Waals surface area contributed by atoms with Gasteiger partial charge in [0.2, 0.25) is 11.7 Å². The number of halogens is 2. The number of hydrogen-bond acceptors (Lipinski definition) is 8. The number of aliphatic hydroxyl groups is 2. The molecule has 1 aliphatic rings. The maximum atomic E-state index is 13.6. The highest BCUT2D eigenvalue weighted by molar-refractivity contribution is 5.84. The average molecular weight is 316 g/mol. The van der Waals surface area contributed by atoms with E-state index < -0.39 is 31.0 Å². The molecule has 0 aliphatic carbocycles. The molecule has 0 radical (unpaired) electrons. The summed E-state index contributed by atoms with van der Waals surface area (Å²) in [7, 11) is 1.58. The molecule has 3 rings (SSSR count). The number of rotatable bonds is 3. The van der Waals surface area contributed by atoms with E-state index in [1.807, 2.05) is 0 Å². The number of nitrogens with two attached hydrogens (primary N) is 1. The highest BCUT2D eigenvalue weighted by Crippen LogP contribution is 2.42. The summed E-state index contributed by atoms with van der Waals surface area (Å²) in [5.41, 5.74) is 3.79. The topological polar surface area (TPSA) is 131 Å². The van der Waals surface area contributed by atoms with Gasteiger partial charge in [0.25, 0.3) is 0 Å². The maximum absolute atomic E-state index is 13.6. The van der Waals surface area contributed by atoms with Gasteiger partial charge in [0.15, 0.2) is 23.1 Å². The van der Waals surface area contributed by atoms with Crippen LogP contribution in [-0.4, -0.2) is 62.0 Å². The van der Waals surface area contributed by atoms with Crippen molar-refractivity contribution >= 4 is 22.9 Å². The Morgan fingerprint density at radius 2 is 2.27 bits per heavy atom. The molecular formula is C11H14F2N6O3. The standard InChI is InChI=1S/C11H14F2N6O3/c1-15-6-5-7(18-9(14)17-6)19(4-16-5)11(2-20)8(21)10(12,13)3-22-11/h4,8,20-21H,2-3H2,1H3,(H3,14,15,17,18). The second kappa shape index (κ2) is 4.69. The molecule has 2 atom stereocenters. The first kappa shape index (κ1) is 14.8. The molecule has 11 heteroatoms. The van der Waals surface area contributed by atoms with Crippen molar-refractivity contribution in [2.24, 2.45) is 0 Å². The van der Waals surface area contributed by atoms with Crippen molar-refractivity contribution in [3.63, 3.8) is 0 Å². The van der Waals surface area contributed by atoms with Crippen molar-refractivity contribution < 1.29 is 23.7 Å². The van der Waals surface area contributed by atoms with Crippen LogP contribution in [0.15, 0.2) is 6.33 Å². The van der Waals surface area contributed by atoms with E-state index >= 15 is 0 Å². The lowest BCUT2D eigenvalue weighted by Crippen LogP contribution is -2.50. The number of fused-ring (bicyclic) bond motifs is 1. The Balaban J connectivity index is 2.23. The lowest BCUT2D eigenvalue weighted by Gasteiger charge is -2.31. The minimum atomic E-state index is -3.51. The fourth-order valence-corrected chi connectivity index (χ4v) is 2.49. The Morgan fingerprint density at radius 1 is 1.55 bits per heavy atom. The van der Waals surface area contributed by atoms with E-state index in [0.29, 0.717) is 0 Å². The highest BCUT2D eigenvalue weighted by atomic mass is 19.3. The van der Waals surface area contributed by atoms with Crippen LogP contribution in [0.25, 0.3) is 11.2 Å². The number of imidazole rings is 1. The fraction of sp³-hybridized carbons (Fsp3) is 0.545. The Kier molecular flexibility index (Phi) is 3.16. The van der Waals surface area contributed by atoms with Crippen molar-refractivity contribution in [2.75, 3.05) is 31.3 Å². The molecule has 9 nitrogen and oxygen atoms in total. The molecule has 1 aliphatic heterocycles. The van der Waals surface area contributed by atoms with Gasteiger partial charge in [-0.3, -0.25) is 4.57 Å². The number of nitrogens with zero attached hydrogens (tertiary/aromatic N) is 4. The molecule has 2 unspecified atom stereocenters. The zero-order valence-electron chi connectivity index (χ0n) is 11.5. The summed E-state index contributed by atoms with van der Waals surface area (Å²) in [5.74, 6) is -3.34. The van der Waals surface area contributed by atoms with Crippen molar-refractivity contribution in [3.05, 3.63) is 6.33 Å². The lowest BCUT2D eigenvalue weighted by atomic mass is 10.0. The van der Waals surface area contributed by atoms with Crippen molar-refractivity contribution in [1.29, 1.82) is 0 Å². The molecule has 0 spiro atoms. The van der Waals surface area contributed by atoms with E-state index in [2.05, 4.69) is 20.3 Å². The van der Waals surface area contributed by atoms with Crippen LogP contribution in [0.1, 0.15) is 0 Å². The van der Waals surface area contributed by atoms with Crippen LogP contribution in [0, 0.1) is 0 Å². The van der Waals surface area contributed by atoms with Gasteiger partial charge in [0.05, 0.1) is 12.9 Å². The van der Waals surface area contributed by atoms with Gasteiger partial charge in [-0.05, 0) is 0 Å². The van der Waals surface area contributed by atoms with Crippen LogP contribution < -0.4 is 11.1 Å². The van der Waals surface area contributed by atoms with E-state index in [-0.39, 0.29) is 22.9 Å². The molecule has 22 heavy (non-hydrogen) atoms. The van der Waals surface area contributed by atoms with E-state index in [0.717, 1.165) is 10.9 Å². The fourth-order valence-electron chi connectivity index (χ4n) is 2.49. The first-order valence-electron chi connectivity index (χ1n) is 6.35. The minimum absolute atomic E-state index is 0.0580. The smallest absolute Gasteiger partial charge is 0.301 e. The van der Waals surface area contributed by atoms with Crippen molar-refractivity contribution in [1.82, 2.24) is 19.5 Å². The third-order valence-electron chi connectivity index (χ3n) is 3.63. The van der Waals surface area contributed by atoms with Gasteiger partial charge >= 0.3 is 5.92 Å². The van der Waals surface area contributed by atoms with Crippen LogP contribution in [-0.2, 0) is 10.5 Å². The summed E-state index contributed by atoms with van der Waals surface area (Å²) in [4.78, 5) is 11.9. The Hall–Kier alpha value is -2.11. The number of anilines is 2. The monoisotopic (exact) mass is 316 g/mol. The van der Waals surface area contributed by atoms with E-state index in [1.54, 1.807) is 7.05 Å². The molecule has 120 valence electrons. The second-order valence-electron chi connectivity index (χ2n) is 4.92. The van der Waals surface area contributed by atoms with Crippen LogP contribution in [0.4, 0.5) is 20.5 Å². The minimum Gasteiger partial charge on any atom is -0.391 e. The quantitative estimate of drug-likeness (QED) is 0.574. The summed E-state index contributed by atoms with van der Waals surface area (Å²) < 4.78 is 33.4. The molecule has 0 saturated carbocycles. The number of nitrogens with one attached hydrogen (secondary N) is 1. The zero-order valence-corrected chi connectivity index (χ0v) is 11.5. The summed E-state index contributed by atoms with van der Waals surface area (Å²) in [6.45, 7) is -1.93. The molecule has 0 amide bonds. The number of alkyl halides is 2. The number of aliphatic hydroxyl groups excluding tert-OH is 2. The normalized spacial score (nSPS) is 27.4. The molecule has 3 heterocycles. The molecule has 5 N–H and O–H groups in total. The number of nitrogen functional groups attached to an aromatic ring is 1. The Morgan fingerprint density at radius 3 is 2.82 bits per heavy atom. The molecule has 2 aromatic heterocycles. The summed E-state index contributed by atoms with van der Waals surface area (Å²) in [6, 6.07) is 0. The Labute approximate surface area is 122 Å². The highest BCUT2D eigenvalue weighted by Gasteiger charge is 2.61. The van der Waals surface area contributed by atoms with Gasteiger partial charge in [0, 0.05) is 7.05 Å². The number of ether oxygens (including phenoxy) is 1. The summed E-state index contributed by atoms with van der Waals surface area (Å²) >= 11 is 0. The average Bonchev–Trinajstić information content (AvgIpc) is 3.00.